The van der Waals surface area contributed by atoms with Crippen LogP contribution in [0.1, 0.15) is 40.6 Å². The van der Waals surface area contributed by atoms with Gasteiger partial charge in [-0.2, -0.15) is 0 Å². The van der Waals surface area contributed by atoms with Crippen LogP contribution >= 0.6 is 0 Å². The zero-order chi connectivity index (χ0) is 20.4. The second-order valence-corrected chi connectivity index (χ2v) is 6.84. The molecule has 2 heterocycles. The Morgan fingerprint density at radius 2 is 1.93 bits per heavy atom. The molecule has 8 heteroatoms. The number of nitrogens with zero attached hydrogens (tertiary/aromatic N) is 2. The number of carboxylic acid groups (broad SMARTS) is 1. The molecule has 0 spiro atoms. The highest BCUT2D eigenvalue weighted by Crippen LogP contribution is 2.39. The molecule has 8 nitrogen and oxygen atoms in total. The number of amides is 1. The average Bonchev–Trinajstić information content (AvgIpc) is 2.98. The van der Waals surface area contributed by atoms with E-state index in [4.69, 9.17) is 14.0 Å². The molecule has 0 radical (unpaired) electrons. The number of hydrogen-bond acceptors (Lipinski definition) is 6. The van der Waals surface area contributed by atoms with Crippen LogP contribution < -0.4 is 9.47 Å². The molecule has 0 aliphatic carbocycles. The predicted molar refractivity (Wildman–Crippen MR) is 99.6 cm³/mol. The summed E-state index contributed by atoms with van der Waals surface area (Å²) >= 11 is 0. The Labute approximate surface area is 163 Å². The maximum absolute atomic E-state index is 13.1. The number of fused-ring (bicyclic) bond motifs is 1. The second-order valence-electron chi connectivity index (χ2n) is 6.84. The minimum absolute atomic E-state index is 0.125. The molecule has 1 aromatic carbocycles. The van der Waals surface area contributed by atoms with Crippen LogP contribution in [0.15, 0.2) is 16.7 Å². The van der Waals surface area contributed by atoms with Crippen molar-refractivity contribution in [3.63, 3.8) is 0 Å². The first-order valence-corrected chi connectivity index (χ1v) is 9.03. The molecule has 0 saturated carbocycles. The van der Waals surface area contributed by atoms with Crippen LogP contribution in [0.4, 0.5) is 0 Å². The number of carboxylic acids is 1. The Hall–Kier alpha value is -3.03. The fourth-order valence-corrected chi connectivity index (χ4v) is 3.72. The van der Waals surface area contributed by atoms with Gasteiger partial charge in [-0.15, -0.1) is 0 Å². The monoisotopic (exact) mass is 388 g/mol. The average molecular weight is 388 g/mol. The summed E-state index contributed by atoms with van der Waals surface area (Å²) in [6.07, 6.45) is 0.550. The fraction of sp³-hybridized carbons (Fsp3) is 0.450. The summed E-state index contributed by atoms with van der Waals surface area (Å²) in [5.74, 6) is 0.579. The van der Waals surface area contributed by atoms with Crippen molar-refractivity contribution >= 4 is 11.9 Å². The number of methoxy groups -OCH3 is 2. The lowest BCUT2D eigenvalue weighted by atomic mass is 9.89. The van der Waals surface area contributed by atoms with Gasteiger partial charge in [0, 0.05) is 12.1 Å². The van der Waals surface area contributed by atoms with Gasteiger partial charge in [-0.05, 0) is 43.5 Å². The molecule has 0 fully saturated rings. The maximum Gasteiger partial charge on any atom is 0.305 e. The van der Waals surface area contributed by atoms with Gasteiger partial charge in [0.1, 0.15) is 5.76 Å². The van der Waals surface area contributed by atoms with Crippen molar-refractivity contribution in [2.75, 3.05) is 20.8 Å². The van der Waals surface area contributed by atoms with Crippen LogP contribution in [0.2, 0.25) is 0 Å². The summed E-state index contributed by atoms with van der Waals surface area (Å²) in [6.45, 7) is 3.99. The van der Waals surface area contributed by atoms with E-state index in [2.05, 4.69) is 5.16 Å². The molecule has 0 saturated heterocycles. The summed E-state index contributed by atoms with van der Waals surface area (Å²) in [5, 5.41) is 13.3. The number of carbonyl (C=O) groups excluding carboxylic acids is 1. The molecule has 0 bridgehead atoms. The zero-order valence-corrected chi connectivity index (χ0v) is 16.4. The second kappa shape index (κ2) is 7.92. The SMILES string of the molecule is COc1cc2c(cc1OC)[C@H](CC(=O)O)N(C(=O)Cc1c(C)noc1C)CC2. The third kappa shape index (κ3) is 3.67. The molecule has 28 heavy (non-hydrogen) atoms. The highest BCUT2D eigenvalue weighted by Gasteiger charge is 2.34. The highest BCUT2D eigenvalue weighted by molar-refractivity contribution is 5.81. The number of aliphatic carboxylic acids is 1. The summed E-state index contributed by atoms with van der Waals surface area (Å²) in [6, 6.07) is 3.06. The Morgan fingerprint density at radius 3 is 2.50 bits per heavy atom. The molecule has 1 atom stereocenters. The Morgan fingerprint density at radius 1 is 1.25 bits per heavy atom. The van der Waals surface area contributed by atoms with E-state index in [0.717, 1.165) is 16.7 Å². The lowest BCUT2D eigenvalue weighted by molar-refractivity contribution is -0.141. The molecule has 0 unspecified atom stereocenters. The largest absolute Gasteiger partial charge is 0.493 e. The molecule has 1 aliphatic rings. The molecule has 1 N–H and O–H groups in total. The van der Waals surface area contributed by atoms with Gasteiger partial charge in [-0.25, -0.2) is 0 Å². The van der Waals surface area contributed by atoms with Crippen molar-refractivity contribution in [2.24, 2.45) is 0 Å². The number of carbonyl (C=O) groups is 2. The lowest BCUT2D eigenvalue weighted by Gasteiger charge is -2.37. The number of aromatic nitrogens is 1. The Kier molecular flexibility index (Phi) is 5.58. The van der Waals surface area contributed by atoms with Gasteiger partial charge < -0.3 is 24.0 Å². The minimum atomic E-state index is -0.970. The van der Waals surface area contributed by atoms with Gasteiger partial charge in [-0.3, -0.25) is 9.59 Å². The first-order chi connectivity index (χ1) is 13.3. The molecule has 150 valence electrons. The van der Waals surface area contributed by atoms with Crippen LogP contribution in [0.3, 0.4) is 0 Å². The van der Waals surface area contributed by atoms with Crippen LogP contribution in [0, 0.1) is 13.8 Å². The normalized spacial score (nSPS) is 15.9. The molecule has 1 aromatic heterocycles. The van der Waals surface area contributed by atoms with E-state index in [1.165, 1.54) is 7.11 Å². The fourth-order valence-electron chi connectivity index (χ4n) is 3.72. The number of hydrogen-bond donors (Lipinski definition) is 1. The first-order valence-electron chi connectivity index (χ1n) is 9.03. The van der Waals surface area contributed by atoms with Crippen LogP contribution in [-0.2, 0) is 22.4 Å². The van der Waals surface area contributed by atoms with Crippen molar-refractivity contribution in [1.29, 1.82) is 0 Å². The first kappa shape index (κ1) is 19.7. The van der Waals surface area contributed by atoms with Crippen LogP contribution in [-0.4, -0.2) is 47.8 Å². The maximum atomic E-state index is 13.1. The molecular formula is C20H24N2O6. The van der Waals surface area contributed by atoms with Gasteiger partial charge in [0.2, 0.25) is 5.91 Å². The van der Waals surface area contributed by atoms with E-state index in [9.17, 15) is 14.7 Å². The van der Waals surface area contributed by atoms with E-state index in [1.54, 1.807) is 31.9 Å². The van der Waals surface area contributed by atoms with E-state index in [-0.39, 0.29) is 18.7 Å². The zero-order valence-electron chi connectivity index (χ0n) is 16.4. The molecular weight excluding hydrogens is 364 g/mol. The molecule has 1 amide bonds. The van der Waals surface area contributed by atoms with Gasteiger partial charge in [0.15, 0.2) is 11.5 Å². The van der Waals surface area contributed by atoms with Crippen LogP contribution in [0.5, 0.6) is 11.5 Å². The van der Waals surface area contributed by atoms with E-state index >= 15 is 0 Å². The van der Waals surface area contributed by atoms with Crippen molar-refractivity contribution in [3.05, 3.63) is 40.3 Å². The van der Waals surface area contributed by atoms with Crippen molar-refractivity contribution in [3.8, 4) is 11.5 Å². The lowest BCUT2D eigenvalue weighted by Crippen LogP contribution is -2.42. The predicted octanol–water partition coefficient (Wildman–Crippen LogP) is 2.45. The molecule has 2 aromatic rings. The van der Waals surface area contributed by atoms with E-state index < -0.39 is 12.0 Å². The Bertz CT molecular complexity index is 885. The minimum Gasteiger partial charge on any atom is -0.493 e. The summed E-state index contributed by atoms with van der Waals surface area (Å²) in [7, 11) is 3.08. The van der Waals surface area contributed by atoms with Gasteiger partial charge in [0.05, 0.1) is 38.8 Å². The Balaban J connectivity index is 1.96. The van der Waals surface area contributed by atoms with Crippen molar-refractivity contribution in [1.82, 2.24) is 10.1 Å². The summed E-state index contributed by atoms with van der Waals surface area (Å²) in [5.41, 5.74) is 3.16. The van der Waals surface area contributed by atoms with E-state index in [0.29, 0.717) is 35.9 Å². The van der Waals surface area contributed by atoms with Gasteiger partial charge in [-0.1, -0.05) is 5.16 Å². The smallest absolute Gasteiger partial charge is 0.305 e. The standard InChI is InChI=1S/C20H24N2O6/c1-11-14(12(2)28-21-11)9-19(23)22-6-5-13-7-17(26-3)18(27-4)8-15(13)16(22)10-20(24)25/h7-8,16H,5-6,9-10H2,1-4H3,(H,24,25)/t16-/m0/s1. The van der Waals surface area contributed by atoms with Gasteiger partial charge >= 0.3 is 5.97 Å². The number of rotatable bonds is 6. The summed E-state index contributed by atoms with van der Waals surface area (Å²) < 4.78 is 15.9. The quantitative estimate of drug-likeness (QED) is 0.811. The molecule has 3 rings (SSSR count). The van der Waals surface area contributed by atoms with Crippen LogP contribution in [0.25, 0.3) is 0 Å². The van der Waals surface area contributed by atoms with Crippen molar-refractivity contribution in [2.45, 2.75) is 39.2 Å². The number of benzene rings is 1. The third-order valence-electron chi connectivity index (χ3n) is 5.20. The highest BCUT2D eigenvalue weighted by atomic mass is 16.5. The third-order valence-corrected chi connectivity index (χ3v) is 5.20. The van der Waals surface area contributed by atoms with Crippen molar-refractivity contribution < 1.29 is 28.7 Å². The summed E-state index contributed by atoms with van der Waals surface area (Å²) in [4.78, 5) is 26.2. The molecule has 1 aliphatic heterocycles. The van der Waals surface area contributed by atoms with Gasteiger partial charge in [0.25, 0.3) is 0 Å². The number of aryl methyl sites for hydroxylation is 2. The number of ether oxygens (including phenoxy) is 2. The topological polar surface area (TPSA) is 102 Å². The van der Waals surface area contributed by atoms with E-state index in [1.807, 2.05) is 6.07 Å².